The van der Waals surface area contributed by atoms with Gasteiger partial charge in [0.1, 0.15) is 0 Å². The molecule has 0 unspecified atom stereocenters. The van der Waals surface area contributed by atoms with Gasteiger partial charge in [-0.25, -0.2) is 0 Å². The molecule has 0 saturated heterocycles. The topological polar surface area (TPSA) is 0 Å². The normalized spacial score (nSPS) is 10.7. The summed E-state index contributed by atoms with van der Waals surface area (Å²) in [6.07, 6.45) is 0. The van der Waals surface area contributed by atoms with Gasteiger partial charge in [-0.3, -0.25) is 0 Å². The van der Waals surface area contributed by atoms with Crippen LogP contribution in [-0.4, -0.2) is 0 Å². The molecule has 2 rings (SSSR count). The van der Waals surface area contributed by atoms with E-state index < -0.39 is 0 Å². The van der Waals surface area contributed by atoms with Crippen molar-refractivity contribution in [3.63, 3.8) is 0 Å². The first-order valence-electron chi connectivity index (χ1n) is 4.97. The zero-order chi connectivity index (χ0) is 13.8. The van der Waals surface area contributed by atoms with E-state index in [0.717, 1.165) is 9.79 Å². The molecule has 7 heteroatoms. The lowest BCUT2D eigenvalue weighted by Crippen LogP contribution is -1.73. The van der Waals surface area contributed by atoms with Crippen LogP contribution in [0.5, 0.6) is 0 Å². The fraction of sp³-hybridized carbons (Fsp3) is 0. The first-order valence-corrected chi connectivity index (χ1v) is 9.97. The van der Waals surface area contributed by atoms with Crippen molar-refractivity contribution in [1.82, 2.24) is 0 Å². The second-order valence-electron chi connectivity index (χ2n) is 3.38. The number of benzene rings is 2. The Bertz CT molecular complexity index is 538. The van der Waals surface area contributed by atoms with Gasteiger partial charge in [0, 0.05) is 19.8 Å². The second-order valence-corrected chi connectivity index (χ2v) is 9.05. The predicted molar refractivity (Wildman–Crippen MR) is 92.2 cm³/mol. The van der Waals surface area contributed by atoms with Crippen molar-refractivity contribution in [1.29, 1.82) is 0 Å². The van der Waals surface area contributed by atoms with Gasteiger partial charge in [0.05, 0.1) is 10.0 Å². The summed E-state index contributed by atoms with van der Waals surface area (Å²) in [6.45, 7) is 0. The van der Waals surface area contributed by atoms with Gasteiger partial charge in [-0.2, -0.15) is 0 Å². The maximum absolute atomic E-state index is 6.09. The molecule has 0 nitrogen and oxygen atoms in total. The zero-order valence-corrected chi connectivity index (χ0v) is 14.7. The summed E-state index contributed by atoms with van der Waals surface area (Å²) in [5.41, 5.74) is 0. The first-order chi connectivity index (χ1) is 9.06. The van der Waals surface area contributed by atoms with E-state index in [1.54, 1.807) is 34.1 Å². The molecule has 2 aromatic carbocycles. The van der Waals surface area contributed by atoms with Crippen molar-refractivity contribution in [2.75, 3.05) is 0 Å². The van der Waals surface area contributed by atoms with Crippen LogP contribution in [0.3, 0.4) is 0 Å². The van der Waals surface area contributed by atoms with E-state index in [-0.39, 0.29) is 0 Å². The Hall–Kier alpha value is 0.650. The highest BCUT2D eigenvalue weighted by Gasteiger charge is 2.06. The first kappa shape index (κ1) is 16.0. The van der Waals surface area contributed by atoms with Crippen LogP contribution in [-0.2, 0) is 0 Å². The van der Waals surface area contributed by atoms with E-state index in [1.807, 2.05) is 12.1 Å². The lowest BCUT2D eigenvalue weighted by Gasteiger charge is -2.05. The van der Waals surface area contributed by atoms with E-state index in [4.69, 9.17) is 46.4 Å². The van der Waals surface area contributed by atoms with E-state index in [9.17, 15) is 0 Å². The molecule has 0 aliphatic carbocycles. The van der Waals surface area contributed by atoms with Crippen molar-refractivity contribution < 1.29 is 0 Å². The minimum absolute atomic E-state index is 0.665. The fourth-order valence-electron chi connectivity index (χ4n) is 1.17. The Balaban J connectivity index is 2.00. The number of halogens is 4. The van der Waals surface area contributed by atoms with Crippen LogP contribution in [0.25, 0.3) is 0 Å². The van der Waals surface area contributed by atoms with Crippen LogP contribution in [0, 0.1) is 0 Å². The van der Waals surface area contributed by atoms with Gasteiger partial charge < -0.3 is 0 Å². The van der Waals surface area contributed by atoms with Gasteiger partial charge in [-0.1, -0.05) is 46.4 Å². The number of hydrogen-bond donors (Lipinski definition) is 0. The van der Waals surface area contributed by atoms with Gasteiger partial charge >= 0.3 is 0 Å². The van der Waals surface area contributed by atoms with E-state index in [2.05, 4.69) is 0 Å². The van der Waals surface area contributed by atoms with Crippen molar-refractivity contribution in [3.8, 4) is 0 Å². The summed E-state index contributed by atoms with van der Waals surface area (Å²) >= 11 is 24.0. The molecule has 0 fully saturated rings. The molecule has 0 atom stereocenters. The van der Waals surface area contributed by atoms with E-state index in [0.29, 0.717) is 20.1 Å². The third kappa shape index (κ3) is 4.85. The van der Waals surface area contributed by atoms with Gasteiger partial charge in [0.25, 0.3) is 0 Å². The Morgan fingerprint density at radius 3 is 1.47 bits per heavy atom. The Morgan fingerprint density at radius 2 is 1.05 bits per heavy atom. The van der Waals surface area contributed by atoms with Gasteiger partial charge in [0.15, 0.2) is 0 Å². The summed E-state index contributed by atoms with van der Waals surface area (Å²) in [7, 11) is 4.62. The molecule has 2 aromatic rings. The maximum Gasteiger partial charge on any atom is 0.0551 e. The summed E-state index contributed by atoms with van der Waals surface area (Å²) in [6, 6.07) is 10.8. The molecule has 0 N–H and O–H groups in total. The summed E-state index contributed by atoms with van der Waals surface area (Å²) in [4.78, 5) is 1.84. The minimum atomic E-state index is 0.665. The van der Waals surface area contributed by atoms with Crippen LogP contribution < -0.4 is 0 Å². The predicted octanol–water partition coefficient (Wildman–Crippen LogP) is 7.75. The monoisotopic (exact) mass is 386 g/mol. The molecule has 0 aliphatic rings. The van der Waals surface area contributed by atoms with Crippen molar-refractivity contribution >= 4 is 77.8 Å². The van der Waals surface area contributed by atoms with E-state index in [1.165, 1.54) is 21.6 Å². The highest BCUT2D eigenvalue weighted by atomic mass is 35.5. The third-order valence-corrected chi connectivity index (χ3v) is 7.27. The molecule has 0 amide bonds. The van der Waals surface area contributed by atoms with Crippen LogP contribution in [0.2, 0.25) is 20.1 Å². The Morgan fingerprint density at radius 1 is 0.632 bits per heavy atom. The maximum atomic E-state index is 6.09. The zero-order valence-electron chi connectivity index (χ0n) is 9.20. The lowest BCUT2D eigenvalue weighted by atomic mass is 10.4. The molecule has 0 spiro atoms. The quantitative estimate of drug-likeness (QED) is 0.492. The second kappa shape index (κ2) is 7.60. The molecule has 0 radical (unpaired) electrons. The largest absolute Gasteiger partial charge is 0.0843 e. The summed E-state index contributed by atoms with van der Waals surface area (Å²) in [5.74, 6) is 0. The fourth-order valence-corrected chi connectivity index (χ4v) is 6.21. The van der Waals surface area contributed by atoms with Crippen LogP contribution in [0.15, 0.2) is 46.2 Å². The molecular weight excluding hydrogens is 382 g/mol. The minimum Gasteiger partial charge on any atom is -0.0843 e. The Labute approximate surface area is 143 Å². The van der Waals surface area contributed by atoms with Gasteiger partial charge in [-0.15, -0.1) is 0 Å². The smallest absolute Gasteiger partial charge is 0.0551 e. The molecule has 0 aliphatic heterocycles. The van der Waals surface area contributed by atoms with Crippen molar-refractivity contribution in [2.45, 2.75) is 9.79 Å². The van der Waals surface area contributed by atoms with Crippen molar-refractivity contribution in [2.24, 2.45) is 0 Å². The lowest BCUT2D eigenvalue weighted by molar-refractivity contribution is 1.47. The Kier molecular flexibility index (Phi) is 6.41. The molecule has 19 heavy (non-hydrogen) atoms. The summed E-state index contributed by atoms with van der Waals surface area (Å²) < 4.78 is 0. The van der Waals surface area contributed by atoms with Gasteiger partial charge in [0.2, 0.25) is 0 Å². The highest BCUT2D eigenvalue weighted by molar-refractivity contribution is 9.09. The highest BCUT2D eigenvalue weighted by Crippen LogP contribution is 2.48. The molecule has 0 heterocycles. The molecular formula is C12H6Cl4S3. The third-order valence-electron chi connectivity index (χ3n) is 2.03. The van der Waals surface area contributed by atoms with Gasteiger partial charge in [-0.05, 0) is 67.8 Å². The summed E-state index contributed by atoms with van der Waals surface area (Å²) in [5, 5.41) is 2.69. The van der Waals surface area contributed by atoms with Crippen LogP contribution in [0.1, 0.15) is 0 Å². The molecule has 0 bridgehead atoms. The average Bonchev–Trinajstić information content (AvgIpc) is 2.38. The number of rotatable bonds is 4. The van der Waals surface area contributed by atoms with Crippen LogP contribution >= 0.6 is 77.8 Å². The van der Waals surface area contributed by atoms with Crippen LogP contribution in [0.4, 0.5) is 0 Å². The molecule has 100 valence electrons. The van der Waals surface area contributed by atoms with Crippen molar-refractivity contribution in [3.05, 3.63) is 56.5 Å². The standard InChI is InChI=1S/C12H6Cl4S3/c13-7-1-3-9(15)11(5-7)17-19-18-12-6-8(14)2-4-10(12)16/h1-6H. The molecule has 0 saturated carbocycles. The SMILES string of the molecule is Clc1ccc(Cl)c(SSSc2cc(Cl)ccc2Cl)c1. The number of hydrogen-bond acceptors (Lipinski definition) is 3. The van der Waals surface area contributed by atoms with E-state index >= 15 is 0 Å². The average molecular weight is 388 g/mol. The molecule has 0 aromatic heterocycles.